The van der Waals surface area contributed by atoms with Crippen molar-refractivity contribution in [3.8, 4) is 0 Å². The second-order valence-corrected chi connectivity index (χ2v) is 4.61. The zero-order chi connectivity index (χ0) is 13.1. The molecule has 0 saturated heterocycles. The SMILES string of the molecule is CCCc1c2c(nn1Cc1ccccn1)CN=CN2. The van der Waals surface area contributed by atoms with Crippen molar-refractivity contribution >= 4 is 12.0 Å². The van der Waals surface area contributed by atoms with Gasteiger partial charge in [0.25, 0.3) is 0 Å². The molecule has 19 heavy (non-hydrogen) atoms. The fraction of sp³-hybridized carbons (Fsp3) is 0.357. The van der Waals surface area contributed by atoms with Gasteiger partial charge in [0, 0.05) is 6.20 Å². The van der Waals surface area contributed by atoms with E-state index in [1.807, 2.05) is 24.4 Å². The van der Waals surface area contributed by atoms with Crippen molar-refractivity contribution < 1.29 is 0 Å². The largest absolute Gasteiger partial charge is 0.344 e. The normalized spacial score (nSPS) is 13.1. The van der Waals surface area contributed by atoms with Crippen molar-refractivity contribution in [2.24, 2.45) is 4.99 Å². The summed E-state index contributed by atoms with van der Waals surface area (Å²) in [5.74, 6) is 0. The average molecular weight is 255 g/mol. The van der Waals surface area contributed by atoms with Crippen LogP contribution in [0.4, 0.5) is 5.69 Å². The molecule has 5 heteroatoms. The standard InChI is InChI=1S/C14H17N5/c1-2-5-13-14-12(8-15-10-17-14)18-19(13)9-11-6-3-4-7-16-11/h3-4,6-7,10H,2,5,8-9H2,1H3,(H,15,17). The van der Waals surface area contributed by atoms with Crippen molar-refractivity contribution in [3.05, 3.63) is 41.5 Å². The van der Waals surface area contributed by atoms with Gasteiger partial charge < -0.3 is 5.32 Å². The number of hydrogen-bond acceptors (Lipinski definition) is 4. The maximum atomic E-state index is 4.67. The lowest BCUT2D eigenvalue weighted by Gasteiger charge is -2.09. The molecule has 2 aromatic rings. The summed E-state index contributed by atoms with van der Waals surface area (Å²) in [7, 11) is 0. The monoisotopic (exact) mass is 255 g/mol. The van der Waals surface area contributed by atoms with Crippen LogP contribution < -0.4 is 5.32 Å². The molecular formula is C14H17N5. The smallest absolute Gasteiger partial charge is 0.108 e. The van der Waals surface area contributed by atoms with E-state index in [4.69, 9.17) is 0 Å². The Morgan fingerprint density at radius 1 is 1.37 bits per heavy atom. The summed E-state index contributed by atoms with van der Waals surface area (Å²) in [4.78, 5) is 8.58. The number of rotatable bonds is 4. The van der Waals surface area contributed by atoms with Gasteiger partial charge in [-0.05, 0) is 18.6 Å². The van der Waals surface area contributed by atoms with Gasteiger partial charge in [-0.1, -0.05) is 19.4 Å². The molecule has 0 radical (unpaired) electrons. The molecule has 0 bridgehead atoms. The van der Waals surface area contributed by atoms with Crippen LogP contribution >= 0.6 is 0 Å². The summed E-state index contributed by atoms with van der Waals surface area (Å²) < 4.78 is 2.05. The first-order chi connectivity index (χ1) is 9.38. The minimum atomic E-state index is 0.661. The molecule has 0 aliphatic carbocycles. The van der Waals surface area contributed by atoms with Crippen molar-refractivity contribution in [1.29, 1.82) is 0 Å². The van der Waals surface area contributed by atoms with Gasteiger partial charge in [-0.2, -0.15) is 5.10 Å². The number of anilines is 1. The zero-order valence-corrected chi connectivity index (χ0v) is 11.0. The molecule has 0 unspecified atom stereocenters. The second kappa shape index (κ2) is 5.22. The number of nitrogens with one attached hydrogen (secondary N) is 1. The van der Waals surface area contributed by atoms with Crippen molar-refractivity contribution in [2.75, 3.05) is 5.32 Å². The van der Waals surface area contributed by atoms with Crippen LogP contribution in [0.2, 0.25) is 0 Å². The summed E-state index contributed by atoms with van der Waals surface area (Å²) in [6.45, 7) is 3.56. The van der Waals surface area contributed by atoms with E-state index < -0.39 is 0 Å². The quantitative estimate of drug-likeness (QED) is 0.911. The number of hydrogen-bond donors (Lipinski definition) is 1. The maximum Gasteiger partial charge on any atom is 0.108 e. The summed E-state index contributed by atoms with van der Waals surface area (Å²) in [5, 5.41) is 7.89. The Morgan fingerprint density at radius 2 is 2.32 bits per heavy atom. The average Bonchev–Trinajstić information content (AvgIpc) is 2.79. The molecule has 1 aliphatic rings. The Balaban J connectivity index is 1.94. The van der Waals surface area contributed by atoms with Crippen LogP contribution in [0.25, 0.3) is 0 Å². The summed E-state index contributed by atoms with van der Waals surface area (Å²) in [6.07, 6.45) is 5.68. The summed E-state index contributed by atoms with van der Waals surface area (Å²) in [5.41, 5.74) is 4.43. The van der Waals surface area contributed by atoms with E-state index in [1.165, 1.54) is 5.69 Å². The lowest BCUT2D eigenvalue weighted by Crippen LogP contribution is -2.08. The highest BCUT2D eigenvalue weighted by Gasteiger charge is 2.18. The predicted molar refractivity (Wildman–Crippen MR) is 75.4 cm³/mol. The van der Waals surface area contributed by atoms with Crippen LogP contribution in [0.5, 0.6) is 0 Å². The van der Waals surface area contributed by atoms with Gasteiger partial charge in [0.1, 0.15) is 5.69 Å². The topological polar surface area (TPSA) is 55.1 Å². The third-order valence-corrected chi connectivity index (χ3v) is 3.20. The van der Waals surface area contributed by atoms with Gasteiger partial charge in [0.05, 0.1) is 36.5 Å². The summed E-state index contributed by atoms with van der Waals surface area (Å²) >= 11 is 0. The molecule has 3 heterocycles. The number of aromatic nitrogens is 3. The lowest BCUT2D eigenvalue weighted by atomic mass is 10.2. The Bertz CT molecular complexity index is 585. The first-order valence-electron chi connectivity index (χ1n) is 6.61. The van der Waals surface area contributed by atoms with Crippen LogP contribution in [0.3, 0.4) is 0 Å². The van der Waals surface area contributed by atoms with E-state index in [9.17, 15) is 0 Å². The summed E-state index contributed by atoms with van der Waals surface area (Å²) in [6, 6.07) is 5.97. The number of aliphatic imine (C=N–C) groups is 1. The number of nitrogens with zero attached hydrogens (tertiary/aromatic N) is 4. The second-order valence-electron chi connectivity index (χ2n) is 4.61. The van der Waals surface area contributed by atoms with Crippen molar-refractivity contribution in [3.63, 3.8) is 0 Å². The van der Waals surface area contributed by atoms with E-state index in [0.717, 1.165) is 29.9 Å². The third kappa shape index (κ3) is 2.36. The molecule has 98 valence electrons. The van der Waals surface area contributed by atoms with E-state index in [-0.39, 0.29) is 0 Å². The molecule has 0 amide bonds. The van der Waals surface area contributed by atoms with Crippen molar-refractivity contribution in [2.45, 2.75) is 32.9 Å². The Labute approximate surface area is 112 Å². The minimum Gasteiger partial charge on any atom is -0.344 e. The van der Waals surface area contributed by atoms with Crippen LogP contribution in [-0.2, 0) is 19.5 Å². The zero-order valence-electron chi connectivity index (χ0n) is 11.0. The third-order valence-electron chi connectivity index (χ3n) is 3.20. The van der Waals surface area contributed by atoms with Crippen molar-refractivity contribution in [1.82, 2.24) is 14.8 Å². The molecule has 2 aromatic heterocycles. The Morgan fingerprint density at radius 3 is 3.11 bits per heavy atom. The minimum absolute atomic E-state index is 0.661. The maximum absolute atomic E-state index is 4.67. The van der Waals surface area contributed by atoms with E-state index >= 15 is 0 Å². The van der Waals surface area contributed by atoms with Crippen LogP contribution in [-0.4, -0.2) is 21.1 Å². The highest BCUT2D eigenvalue weighted by molar-refractivity contribution is 5.80. The van der Waals surface area contributed by atoms with Gasteiger partial charge >= 0.3 is 0 Å². The van der Waals surface area contributed by atoms with Crippen LogP contribution in [0.15, 0.2) is 29.4 Å². The van der Waals surface area contributed by atoms with Gasteiger partial charge in [-0.15, -0.1) is 0 Å². The molecule has 0 atom stereocenters. The molecule has 1 aliphatic heterocycles. The Hall–Kier alpha value is -2.17. The van der Waals surface area contributed by atoms with E-state index in [1.54, 1.807) is 6.34 Å². The molecule has 0 fully saturated rings. The molecule has 0 aromatic carbocycles. The van der Waals surface area contributed by atoms with Crippen LogP contribution in [0, 0.1) is 0 Å². The molecule has 5 nitrogen and oxygen atoms in total. The number of fused-ring (bicyclic) bond motifs is 1. The molecule has 0 saturated carbocycles. The van der Waals surface area contributed by atoms with Crippen LogP contribution in [0.1, 0.15) is 30.4 Å². The van der Waals surface area contributed by atoms with Gasteiger partial charge in [0.2, 0.25) is 0 Å². The van der Waals surface area contributed by atoms with Gasteiger partial charge in [-0.3, -0.25) is 14.7 Å². The highest BCUT2D eigenvalue weighted by atomic mass is 15.3. The molecular weight excluding hydrogens is 238 g/mol. The molecule has 0 spiro atoms. The first-order valence-corrected chi connectivity index (χ1v) is 6.61. The fourth-order valence-corrected chi connectivity index (χ4v) is 2.34. The van der Waals surface area contributed by atoms with Gasteiger partial charge in [-0.25, -0.2) is 0 Å². The molecule has 3 rings (SSSR count). The first kappa shape index (κ1) is 11.9. The lowest BCUT2D eigenvalue weighted by molar-refractivity contribution is 0.620. The fourth-order valence-electron chi connectivity index (χ4n) is 2.34. The van der Waals surface area contributed by atoms with E-state index in [0.29, 0.717) is 13.1 Å². The predicted octanol–water partition coefficient (Wildman–Crippen LogP) is 2.23. The van der Waals surface area contributed by atoms with Gasteiger partial charge in [0.15, 0.2) is 0 Å². The number of pyridine rings is 1. The van der Waals surface area contributed by atoms with E-state index in [2.05, 4.69) is 32.0 Å². The highest BCUT2D eigenvalue weighted by Crippen LogP contribution is 2.25. The molecule has 1 N–H and O–H groups in total. The Kier molecular flexibility index (Phi) is 3.27.